The van der Waals surface area contributed by atoms with Crippen molar-refractivity contribution in [1.82, 2.24) is 4.98 Å². The topological polar surface area (TPSA) is 68.9 Å². The number of hydrogen-bond donors (Lipinski definition) is 1. The molecular formula is C17H15N3O2S2. The molecule has 0 radical (unpaired) electrons. The Kier molecular flexibility index (Phi) is 5.12. The first-order valence-corrected chi connectivity index (χ1v) is 9.06. The van der Waals surface area contributed by atoms with E-state index in [1.807, 2.05) is 35.7 Å². The van der Waals surface area contributed by atoms with E-state index in [0.29, 0.717) is 10.2 Å². The molecule has 1 N–H and O–H groups in total. The average Bonchev–Trinajstić information content (AvgIpc) is 3.06. The van der Waals surface area contributed by atoms with E-state index in [4.69, 9.17) is 0 Å². The standard InChI is InChI=1S/C17H15N3O2S2/c1-12(24-15-9-5-6-10-20(15)22)16(21)19-17-18-14(11-23-17)13-7-3-2-4-8-13/h2-12H,1H3,(H,18,19,21)/t12-/m1/s1. The van der Waals surface area contributed by atoms with E-state index in [9.17, 15) is 10.0 Å². The van der Waals surface area contributed by atoms with Gasteiger partial charge in [0.25, 0.3) is 5.03 Å². The number of benzene rings is 1. The molecule has 24 heavy (non-hydrogen) atoms. The van der Waals surface area contributed by atoms with Gasteiger partial charge in [-0.1, -0.05) is 30.3 Å². The molecule has 3 rings (SSSR count). The molecule has 0 fully saturated rings. The van der Waals surface area contributed by atoms with Gasteiger partial charge in [-0.2, -0.15) is 4.73 Å². The van der Waals surface area contributed by atoms with E-state index < -0.39 is 5.25 Å². The highest BCUT2D eigenvalue weighted by Gasteiger charge is 2.19. The number of amides is 1. The Morgan fingerprint density at radius 2 is 2.00 bits per heavy atom. The van der Waals surface area contributed by atoms with Crippen molar-refractivity contribution < 1.29 is 9.52 Å². The van der Waals surface area contributed by atoms with Crippen molar-refractivity contribution >= 4 is 34.1 Å². The van der Waals surface area contributed by atoms with Gasteiger partial charge in [0.05, 0.1) is 10.9 Å². The second kappa shape index (κ2) is 7.46. The zero-order valence-corrected chi connectivity index (χ0v) is 14.5. The molecule has 122 valence electrons. The highest BCUT2D eigenvalue weighted by atomic mass is 32.2. The zero-order valence-electron chi connectivity index (χ0n) is 12.9. The van der Waals surface area contributed by atoms with Crippen molar-refractivity contribution in [2.75, 3.05) is 5.32 Å². The Labute approximate surface area is 148 Å². The largest absolute Gasteiger partial charge is 0.618 e. The van der Waals surface area contributed by atoms with Crippen molar-refractivity contribution in [3.05, 3.63) is 65.3 Å². The molecule has 1 atom stereocenters. The molecule has 0 spiro atoms. The SMILES string of the molecule is C[C@@H](Sc1cccc[n+]1[O-])C(=O)Nc1nc(-c2ccccc2)cs1. The number of carbonyl (C=O) groups is 1. The minimum atomic E-state index is -0.406. The lowest BCUT2D eigenvalue weighted by atomic mass is 10.2. The summed E-state index contributed by atoms with van der Waals surface area (Å²) >= 11 is 2.60. The third-order valence-corrected chi connectivity index (χ3v) is 5.14. The molecule has 0 saturated carbocycles. The lowest BCUT2D eigenvalue weighted by Crippen LogP contribution is -2.30. The zero-order chi connectivity index (χ0) is 16.9. The normalized spacial score (nSPS) is 11.9. The van der Waals surface area contributed by atoms with Crippen molar-refractivity contribution in [1.29, 1.82) is 0 Å². The highest BCUT2D eigenvalue weighted by Crippen LogP contribution is 2.26. The number of aromatic nitrogens is 2. The Morgan fingerprint density at radius 1 is 1.25 bits per heavy atom. The molecule has 2 heterocycles. The van der Waals surface area contributed by atoms with Crippen LogP contribution in [0.3, 0.4) is 0 Å². The third kappa shape index (κ3) is 3.93. The van der Waals surface area contributed by atoms with Crippen LogP contribution in [0.5, 0.6) is 0 Å². The van der Waals surface area contributed by atoms with Crippen LogP contribution in [0.2, 0.25) is 0 Å². The van der Waals surface area contributed by atoms with Crippen molar-refractivity contribution in [3.8, 4) is 11.3 Å². The maximum Gasteiger partial charge on any atom is 0.252 e. The Bertz CT molecular complexity index is 837. The van der Waals surface area contributed by atoms with Gasteiger partial charge in [0.2, 0.25) is 5.91 Å². The molecule has 2 aromatic heterocycles. The number of anilines is 1. The van der Waals surface area contributed by atoms with Gasteiger partial charge in [-0.15, -0.1) is 11.3 Å². The van der Waals surface area contributed by atoms with Crippen LogP contribution in [-0.4, -0.2) is 16.1 Å². The minimum Gasteiger partial charge on any atom is -0.618 e. The Morgan fingerprint density at radius 3 is 2.75 bits per heavy atom. The molecule has 0 aliphatic carbocycles. The van der Waals surface area contributed by atoms with Crippen molar-refractivity contribution in [2.24, 2.45) is 0 Å². The maximum atomic E-state index is 12.3. The van der Waals surface area contributed by atoms with E-state index in [1.165, 1.54) is 29.3 Å². The van der Waals surface area contributed by atoms with Crippen molar-refractivity contribution in [2.45, 2.75) is 17.2 Å². The van der Waals surface area contributed by atoms with E-state index >= 15 is 0 Å². The van der Waals surface area contributed by atoms with E-state index in [-0.39, 0.29) is 5.91 Å². The smallest absolute Gasteiger partial charge is 0.252 e. The Hall–Kier alpha value is -2.38. The van der Waals surface area contributed by atoms with E-state index in [0.717, 1.165) is 16.0 Å². The molecule has 1 aromatic carbocycles. The summed E-state index contributed by atoms with van der Waals surface area (Å²) < 4.78 is 0.755. The van der Waals surface area contributed by atoms with Crippen LogP contribution < -0.4 is 10.0 Å². The average molecular weight is 357 g/mol. The molecule has 0 bridgehead atoms. The van der Waals surface area contributed by atoms with E-state index in [2.05, 4.69) is 10.3 Å². The van der Waals surface area contributed by atoms with Gasteiger partial charge in [-0.05, 0) is 24.8 Å². The summed E-state index contributed by atoms with van der Waals surface area (Å²) in [5.41, 5.74) is 1.84. The summed E-state index contributed by atoms with van der Waals surface area (Å²) in [6.45, 7) is 1.76. The number of carbonyl (C=O) groups excluding carboxylic acids is 1. The number of pyridine rings is 1. The molecule has 0 saturated heterocycles. The second-order valence-corrected chi connectivity index (χ2v) is 7.24. The van der Waals surface area contributed by atoms with Gasteiger partial charge in [-0.25, -0.2) is 4.98 Å². The molecule has 0 unspecified atom stereocenters. The Balaban J connectivity index is 1.65. The van der Waals surface area contributed by atoms with Gasteiger partial charge >= 0.3 is 0 Å². The van der Waals surface area contributed by atoms with Crippen LogP contribution >= 0.6 is 23.1 Å². The lowest BCUT2D eigenvalue weighted by Gasteiger charge is -2.09. The lowest BCUT2D eigenvalue weighted by molar-refractivity contribution is -0.645. The maximum absolute atomic E-state index is 12.3. The number of nitrogens with zero attached hydrogens (tertiary/aromatic N) is 2. The van der Waals surface area contributed by atoms with Crippen LogP contribution in [0.1, 0.15) is 6.92 Å². The van der Waals surface area contributed by atoms with Gasteiger partial charge in [0.15, 0.2) is 11.3 Å². The molecule has 3 aromatic rings. The van der Waals surface area contributed by atoms with Crippen LogP contribution in [0, 0.1) is 5.21 Å². The number of thiazole rings is 1. The van der Waals surface area contributed by atoms with Gasteiger partial charge in [0, 0.05) is 23.1 Å². The first-order valence-electron chi connectivity index (χ1n) is 7.30. The van der Waals surface area contributed by atoms with Gasteiger partial charge in [0.1, 0.15) is 0 Å². The number of hydrogen-bond acceptors (Lipinski definition) is 5. The second-order valence-electron chi connectivity index (χ2n) is 5.02. The predicted molar refractivity (Wildman–Crippen MR) is 96.9 cm³/mol. The first kappa shape index (κ1) is 16.5. The summed E-state index contributed by atoms with van der Waals surface area (Å²) in [4.78, 5) is 16.7. The van der Waals surface area contributed by atoms with Crippen LogP contribution in [0.15, 0.2) is 65.1 Å². The van der Waals surface area contributed by atoms with Crippen LogP contribution in [-0.2, 0) is 4.79 Å². The predicted octanol–water partition coefficient (Wildman–Crippen LogP) is 3.56. The monoisotopic (exact) mass is 357 g/mol. The fourth-order valence-corrected chi connectivity index (χ4v) is 3.59. The number of nitrogens with one attached hydrogen (secondary N) is 1. The fourth-order valence-electron chi connectivity index (χ4n) is 2.02. The first-order chi connectivity index (χ1) is 11.6. The molecule has 1 amide bonds. The summed E-state index contributed by atoms with van der Waals surface area (Å²) in [5, 5.41) is 17.0. The van der Waals surface area contributed by atoms with Crippen LogP contribution in [0.4, 0.5) is 5.13 Å². The summed E-state index contributed by atoms with van der Waals surface area (Å²) in [7, 11) is 0. The molecular weight excluding hydrogens is 342 g/mol. The summed E-state index contributed by atoms with van der Waals surface area (Å²) in [6, 6.07) is 14.9. The highest BCUT2D eigenvalue weighted by molar-refractivity contribution is 8.00. The number of thioether (sulfide) groups is 1. The molecule has 0 aliphatic heterocycles. The third-order valence-electron chi connectivity index (χ3n) is 3.26. The van der Waals surface area contributed by atoms with Crippen LogP contribution in [0.25, 0.3) is 11.3 Å². The molecule has 0 aliphatic rings. The quantitative estimate of drug-likeness (QED) is 0.431. The van der Waals surface area contributed by atoms with E-state index in [1.54, 1.807) is 25.1 Å². The fraction of sp³-hybridized carbons (Fsp3) is 0.118. The minimum absolute atomic E-state index is 0.183. The van der Waals surface area contributed by atoms with Gasteiger partial charge in [-0.3, -0.25) is 4.79 Å². The van der Waals surface area contributed by atoms with Gasteiger partial charge < -0.3 is 10.5 Å². The summed E-state index contributed by atoms with van der Waals surface area (Å²) in [6.07, 6.45) is 1.42. The molecule has 5 nitrogen and oxygen atoms in total. The number of rotatable bonds is 5. The van der Waals surface area contributed by atoms with Crippen molar-refractivity contribution in [3.63, 3.8) is 0 Å². The summed E-state index contributed by atoms with van der Waals surface area (Å²) in [5.74, 6) is -0.183. The molecule has 7 heteroatoms.